The van der Waals surface area contributed by atoms with Gasteiger partial charge in [0.15, 0.2) is 0 Å². The molecule has 0 atom stereocenters. The maximum Gasteiger partial charge on any atom is 0.123 e. The van der Waals surface area contributed by atoms with E-state index in [4.69, 9.17) is 17.5 Å². The monoisotopic (exact) mass is 230 g/mol. The van der Waals surface area contributed by atoms with Crippen LogP contribution in [0.5, 0.6) is 0 Å². The van der Waals surface area contributed by atoms with Gasteiger partial charge in [-0.1, -0.05) is 12.2 Å². The van der Waals surface area contributed by atoms with Gasteiger partial charge in [0, 0.05) is 5.69 Å². The van der Waals surface area contributed by atoms with Crippen molar-refractivity contribution in [1.82, 2.24) is 4.98 Å². The van der Waals surface area contributed by atoms with Crippen LogP contribution in [0.3, 0.4) is 0 Å². The number of benzene rings is 1. The third-order valence-electron chi connectivity index (χ3n) is 2.19. The predicted octanol–water partition coefficient (Wildman–Crippen LogP) is 3.42. The molecule has 4 heteroatoms. The Labute approximate surface area is 97.0 Å². The summed E-state index contributed by atoms with van der Waals surface area (Å²) in [7, 11) is 0. The fourth-order valence-electron chi connectivity index (χ4n) is 1.36. The van der Waals surface area contributed by atoms with Gasteiger partial charge in [0.25, 0.3) is 0 Å². The fourth-order valence-corrected chi connectivity index (χ4v) is 1.58. The molecule has 0 aliphatic rings. The van der Waals surface area contributed by atoms with Crippen molar-refractivity contribution in [2.75, 3.05) is 0 Å². The van der Waals surface area contributed by atoms with Gasteiger partial charge in [-0.3, -0.25) is 0 Å². The van der Waals surface area contributed by atoms with Crippen molar-refractivity contribution in [2.24, 2.45) is 0 Å². The van der Waals surface area contributed by atoms with Crippen molar-refractivity contribution < 1.29 is 4.39 Å². The molecule has 0 saturated carbocycles. The number of nitrogens with zero attached hydrogens (tertiary/aromatic N) is 1. The van der Waals surface area contributed by atoms with Gasteiger partial charge in [-0.15, -0.1) is 0 Å². The fraction of sp³-hybridized carbons (Fsp3) is 0. The number of nitrogens with one attached hydrogen (secondary N) is 1. The summed E-state index contributed by atoms with van der Waals surface area (Å²) in [4.78, 5) is 2.93. The first-order valence-electron chi connectivity index (χ1n) is 4.60. The topological polar surface area (TPSA) is 39.6 Å². The molecular formula is C12H7FN2S. The van der Waals surface area contributed by atoms with Crippen LogP contribution in [0.15, 0.2) is 36.4 Å². The number of pyridine rings is 1. The summed E-state index contributed by atoms with van der Waals surface area (Å²) >= 11 is 5.01. The summed E-state index contributed by atoms with van der Waals surface area (Å²) < 4.78 is 13.1. The molecule has 2 rings (SSSR count). The smallest absolute Gasteiger partial charge is 0.123 e. The van der Waals surface area contributed by atoms with E-state index in [0.29, 0.717) is 10.2 Å². The maximum atomic E-state index is 12.7. The highest BCUT2D eigenvalue weighted by Gasteiger charge is 2.00. The first-order valence-corrected chi connectivity index (χ1v) is 5.01. The minimum absolute atomic E-state index is 0.281. The van der Waals surface area contributed by atoms with Crippen molar-refractivity contribution >= 4 is 12.2 Å². The average Bonchev–Trinajstić information content (AvgIpc) is 2.30. The molecule has 2 nitrogen and oxygen atoms in total. The molecule has 1 aromatic heterocycles. The number of halogens is 1. The highest BCUT2D eigenvalue weighted by Crippen LogP contribution is 2.17. The number of hydrogen-bond donors (Lipinski definition) is 1. The Morgan fingerprint density at radius 2 is 1.81 bits per heavy atom. The third kappa shape index (κ3) is 2.00. The summed E-state index contributed by atoms with van der Waals surface area (Å²) in [5.74, 6) is -0.281. The normalized spacial score (nSPS) is 9.75. The molecule has 1 aromatic carbocycles. The molecule has 0 unspecified atom stereocenters. The first-order chi connectivity index (χ1) is 7.70. The van der Waals surface area contributed by atoms with Crippen LogP contribution in [0.2, 0.25) is 0 Å². The summed E-state index contributed by atoms with van der Waals surface area (Å²) in [6, 6.07) is 11.5. The number of aromatic nitrogens is 1. The molecular weight excluding hydrogens is 223 g/mol. The Hall–Kier alpha value is -1.99. The van der Waals surface area contributed by atoms with Crippen LogP contribution in [-0.2, 0) is 0 Å². The average molecular weight is 230 g/mol. The molecule has 0 saturated heterocycles. The van der Waals surface area contributed by atoms with Crippen LogP contribution < -0.4 is 0 Å². The van der Waals surface area contributed by atoms with E-state index in [2.05, 4.69) is 4.98 Å². The Bertz CT molecular complexity index is 608. The molecule has 0 radical (unpaired) electrons. The summed E-state index contributed by atoms with van der Waals surface area (Å²) in [6.45, 7) is 0. The lowest BCUT2D eigenvalue weighted by Gasteiger charge is -2.02. The van der Waals surface area contributed by atoms with E-state index in [-0.39, 0.29) is 5.82 Å². The zero-order valence-electron chi connectivity index (χ0n) is 8.20. The van der Waals surface area contributed by atoms with Crippen LogP contribution in [0.4, 0.5) is 4.39 Å². The zero-order valence-corrected chi connectivity index (χ0v) is 9.01. The molecule has 0 bridgehead atoms. The third-order valence-corrected chi connectivity index (χ3v) is 2.51. The number of nitriles is 1. The van der Waals surface area contributed by atoms with E-state index in [9.17, 15) is 4.39 Å². The van der Waals surface area contributed by atoms with Crippen LogP contribution in [-0.4, -0.2) is 4.98 Å². The van der Waals surface area contributed by atoms with Crippen LogP contribution in [0.25, 0.3) is 11.3 Å². The molecule has 0 spiro atoms. The number of H-pyrrole nitrogens is 1. The summed E-state index contributed by atoms with van der Waals surface area (Å²) in [5, 5.41) is 8.73. The minimum atomic E-state index is -0.281. The molecule has 2 aromatic rings. The largest absolute Gasteiger partial charge is 0.345 e. The van der Waals surface area contributed by atoms with E-state index in [1.165, 1.54) is 12.1 Å². The SMILES string of the molecule is N#Cc1ccc(-c2ccc(F)cc2)[nH]c1=S. The van der Waals surface area contributed by atoms with Crippen molar-refractivity contribution in [2.45, 2.75) is 0 Å². The maximum absolute atomic E-state index is 12.7. The van der Waals surface area contributed by atoms with Crippen molar-refractivity contribution in [3.63, 3.8) is 0 Å². The second-order valence-corrected chi connectivity index (χ2v) is 3.64. The van der Waals surface area contributed by atoms with Gasteiger partial charge in [-0.05, 0) is 42.0 Å². The lowest BCUT2D eigenvalue weighted by molar-refractivity contribution is 0.628. The van der Waals surface area contributed by atoms with Gasteiger partial charge in [0.2, 0.25) is 0 Å². The van der Waals surface area contributed by atoms with E-state index in [1.54, 1.807) is 24.3 Å². The van der Waals surface area contributed by atoms with E-state index >= 15 is 0 Å². The van der Waals surface area contributed by atoms with Gasteiger partial charge in [-0.25, -0.2) is 4.39 Å². The quantitative estimate of drug-likeness (QED) is 0.762. The molecule has 78 valence electrons. The van der Waals surface area contributed by atoms with Crippen LogP contribution in [0, 0.1) is 21.8 Å². The van der Waals surface area contributed by atoms with Gasteiger partial charge < -0.3 is 4.98 Å². The molecule has 1 heterocycles. The van der Waals surface area contributed by atoms with Crippen molar-refractivity contribution in [3.05, 3.63) is 52.4 Å². The van der Waals surface area contributed by atoms with E-state index in [1.807, 2.05) is 6.07 Å². The Balaban J connectivity index is 2.50. The lowest BCUT2D eigenvalue weighted by Crippen LogP contribution is -1.87. The van der Waals surface area contributed by atoms with Crippen molar-refractivity contribution in [3.8, 4) is 17.3 Å². The standard InChI is InChI=1S/C12H7FN2S/c13-10-4-1-8(2-5-10)11-6-3-9(7-14)12(16)15-11/h1-6H,(H,15,16). The number of hydrogen-bond acceptors (Lipinski definition) is 2. The first kappa shape index (κ1) is 10.5. The summed E-state index contributed by atoms with van der Waals surface area (Å²) in [5.41, 5.74) is 2.03. The number of rotatable bonds is 1. The second kappa shape index (κ2) is 4.25. The molecule has 16 heavy (non-hydrogen) atoms. The lowest BCUT2D eigenvalue weighted by atomic mass is 10.1. The number of aromatic amines is 1. The van der Waals surface area contributed by atoms with Gasteiger partial charge in [0.05, 0.1) is 5.56 Å². The molecule has 0 fully saturated rings. The highest BCUT2D eigenvalue weighted by atomic mass is 32.1. The minimum Gasteiger partial charge on any atom is -0.345 e. The van der Waals surface area contributed by atoms with E-state index in [0.717, 1.165) is 11.3 Å². The highest BCUT2D eigenvalue weighted by molar-refractivity contribution is 7.71. The second-order valence-electron chi connectivity index (χ2n) is 3.23. The van der Waals surface area contributed by atoms with Crippen LogP contribution in [0.1, 0.15) is 5.56 Å². The van der Waals surface area contributed by atoms with Crippen molar-refractivity contribution in [1.29, 1.82) is 5.26 Å². The van der Waals surface area contributed by atoms with E-state index < -0.39 is 0 Å². The van der Waals surface area contributed by atoms with Crippen LogP contribution >= 0.6 is 12.2 Å². The van der Waals surface area contributed by atoms with Gasteiger partial charge >= 0.3 is 0 Å². The molecule has 0 aliphatic heterocycles. The predicted molar refractivity (Wildman–Crippen MR) is 61.7 cm³/mol. The Kier molecular flexibility index (Phi) is 2.80. The molecule has 0 aliphatic carbocycles. The van der Waals surface area contributed by atoms with Gasteiger partial charge in [0.1, 0.15) is 16.5 Å². The zero-order chi connectivity index (χ0) is 11.5. The molecule has 1 N–H and O–H groups in total. The Morgan fingerprint density at radius 1 is 1.12 bits per heavy atom. The molecule has 0 amide bonds. The summed E-state index contributed by atoms with van der Waals surface area (Å²) in [6.07, 6.45) is 0. The van der Waals surface area contributed by atoms with Gasteiger partial charge in [-0.2, -0.15) is 5.26 Å². The Morgan fingerprint density at radius 3 is 2.38 bits per heavy atom.